The van der Waals surface area contributed by atoms with Crippen molar-refractivity contribution in [2.24, 2.45) is 0 Å². The molecule has 2 aliphatic heterocycles. The number of anilines is 1. The molecule has 8 heteroatoms. The minimum absolute atomic E-state index is 0.453. The predicted octanol–water partition coefficient (Wildman–Crippen LogP) is 5.75. The fourth-order valence-electron chi connectivity index (χ4n) is 5.55. The summed E-state index contributed by atoms with van der Waals surface area (Å²) in [5.41, 5.74) is 3.52. The average molecular weight is 531 g/mol. The zero-order valence-corrected chi connectivity index (χ0v) is 22.6. The number of hydrogen-bond acceptors (Lipinski definition) is 5. The van der Waals surface area contributed by atoms with Crippen molar-refractivity contribution in [1.29, 1.82) is 0 Å². The molecule has 2 fully saturated rings. The lowest BCUT2D eigenvalue weighted by molar-refractivity contribution is 0.140. The molecule has 194 valence electrons. The summed E-state index contributed by atoms with van der Waals surface area (Å²) in [4.78, 5) is 10.1. The smallest absolute Gasteiger partial charge is 0.204 e. The van der Waals surface area contributed by atoms with Gasteiger partial charge in [-0.05, 0) is 68.5 Å². The highest BCUT2D eigenvalue weighted by Crippen LogP contribution is 2.31. The second-order valence-corrected chi connectivity index (χ2v) is 10.8. The van der Waals surface area contributed by atoms with Gasteiger partial charge in [0.2, 0.25) is 5.95 Å². The molecule has 3 heterocycles. The first-order chi connectivity index (χ1) is 17.6. The number of piperidine rings is 1. The van der Waals surface area contributed by atoms with Gasteiger partial charge in [0.1, 0.15) is 0 Å². The topological polar surface area (TPSA) is 45.6 Å². The monoisotopic (exact) mass is 529 g/mol. The lowest BCUT2D eigenvalue weighted by Crippen LogP contribution is -2.42. The number of hydrogen-bond donors (Lipinski definition) is 1. The van der Waals surface area contributed by atoms with Crippen LogP contribution in [0.5, 0.6) is 0 Å². The molecular weight excluding hydrogens is 493 g/mol. The molecule has 2 saturated heterocycles. The maximum atomic E-state index is 6.24. The van der Waals surface area contributed by atoms with Crippen molar-refractivity contribution in [2.75, 3.05) is 57.8 Å². The number of nitrogens with one attached hydrogen (secondary N) is 1. The van der Waals surface area contributed by atoms with Crippen LogP contribution in [0.3, 0.4) is 0 Å². The molecule has 5 rings (SSSR count). The minimum atomic E-state index is 0.453. The van der Waals surface area contributed by atoms with Crippen molar-refractivity contribution in [3.05, 3.63) is 58.1 Å². The van der Waals surface area contributed by atoms with Gasteiger partial charge in [-0.3, -0.25) is 0 Å². The first-order valence-corrected chi connectivity index (χ1v) is 14.1. The highest BCUT2D eigenvalue weighted by atomic mass is 35.5. The Morgan fingerprint density at radius 2 is 1.72 bits per heavy atom. The van der Waals surface area contributed by atoms with E-state index >= 15 is 0 Å². The van der Waals surface area contributed by atoms with Crippen molar-refractivity contribution in [3.8, 4) is 0 Å². The van der Waals surface area contributed by atoms with Crippen LogP contribution in [0.15, 0.2) is 42.5 Å². The molecule has 2 aliphatic rings. The number of likely N-dealkylation sites (tertiary alicyclic amines) is 2. The number of benzene rings is 2. The van der Waals surface area contributed by atoms with E-state index in [0.717, 1.165) is 76.7 Å². The van der Waals surface area contributed by atoms with Crippen LogP contribution in [0, 0.1) is 0 Å². The molecule has 0 radical (unpaired) electrons. The summed E-state index contributed by atoms with van der Waals surface area (Å²) in [7, 11) is 0. The molecule has 0 aliphatic carbocycles. The number of aromatic nitrogens is 2. The van der Waals surface area contributed by atoms with Gasteiger partial charge >= 0.3 is 0 Å². The van der Waals surface area contributed by atoms with Crippen LogP contribution in [0.4, 0.5) is 5.95 Å². The van der Waals surface area contributed by atoms with Gasteiger partial charge in [0.05, 0.1) is 27.7 Å². The van der Waals surface area contributed by atoms with Gasteiger partial charge in [0.15, 0.2) is 0 Å². The van der Waals surface area contributed by atoms with E-state index in [1.807, 2.05) is 19.1 Å². The van der Waals surface area contributed by atoms with Crippen LogP contribution < -0.4 is 5.32 Å². The Labute approximate surface area is 224 Å². The third-order valence-electron chi connectivity index (χ3n) is 7.66. The quantitative estimate of drug-likeness (QED) is 0.339. The minimum Gasteiger partial charge on any atom is -0.380 e. The molecule has 1 atom stereocenters. The highest BCUT2D eigenvalue weighted by molar-refractivity contribution is 6.42. The van der Waals surface area contributed by atoms with Crippen molar-refractivity contribution in [1.82, 2.24) is 19.4 Å². The van der Waals surface area contributed by atoms with E-state index in [4.69, 9.17) is 32.9 Å². The van der Waals surface area contributed by atoms with Crippen molar-refractivity contribution < 1.29 is 4.74 Å². The normalized spacial score (nSPS) is 19.9. The summed E-state index contributed by atoms with van der Waals surface area (Å²) in [5.74, 6) is 1.52. The second kappa shape index (κ2) is 12.1. The van der Waals surface area contributed by atoms with Crippen LogP contribution in [-0.4, -0.2) is 77.9 Å². The summed E-state index contributed by atoms with van der Waals surface area (Å²) < 4.78 is 7.90. The Hall–Kier alpha value is -1.83. The van der Waals surface area contributed by atoms with Crippen LogP contribution in [0.1, 0.15) is 37.7 Å². The Balaban J connectivity index is 1.09. The van der Waals surface area contributed by atoms with Crippen LogP contribution in [0.25, 0.3) is 11.0 Å². The van der Waals surface area contributed by atoms with E-state index in [1.165, 1.54) is 17.5 Å². The van der Waals surface area contributed by atoms with E-state index in [1.54, 1.807) is 0 Å². The Morgan fingerprint density at radius 3 is 2.53 bits per heavy atom. The number of rotatable bonds is 10. The molecule has 0 amide bonds. The van der Waals surface area contributed by atoms with Gasteiger partial charge in [-0.1, -0.05) is 41.4 Å². The lowest BCUT2D eigenvalue weighted by atomic mass is 9.99. The highest BCUT2D eigenvalue weighted by Gasteiger charge is 2.26. The number of fused-ring (bicyclic) bond motifs is 1. The SMILES string of the molecule is CCOCCn1c(NC2CCN(CCN3CCC(c4ccc(Cl)c(Cl)c4)C3)CC2)nc2ccccc21. The van der Waals surface area contributed by atoms with Gasteiger partial charge in [-0.25, -0.2) is 4.98 Å². The van der Waals surface area contributed by atoms with E-state index < -0.39 is 0 Å². The van der Waals surface area contributed by atoms with Gasteiger partial charge in [0.25, 0.3) is 0 Å². The predicted molar refractivity (Wildman–Crippen MR) is 150 cm³/mol. The molecule has 0 bridgehead atoms. The number of imidazole rings is 1. The number of halogens is 2. The average Bonchev–Trinajstić information content (AvgIpc) is 3.50. The van der Waals surface area contributed by atoms with Crippen LogP contribution >= 0.6 is 23.2 Å². The number of ether oxygens (including phenoxy) is 1. The largest absolute Gasteiger partial charge is 0.380 e. The summed E-state index contributed by atoms with van der Waals surface area (Å²) in [6.07, 6.45) is 3.47. The standard InChI is InChI=1S/C28H37Cl2N5O/c1-2-36-18-17-35-27-6-4-3-5-26(27)32-28(35)31-23-10-13-33(14-11-23)15-16-34-12-9-22(20-34)21-7-8-24(29)25(30)19-21/h3-8,19,22-23H,2,9-18,20H2,1H3,(H,31,32). The summed E-state index contributed by atoms with van der Waals surface area (Å²) >= 11 is 12.3. The van der Waals surface area contributed by atoms with E-state index in [2.05, 4.69) is 50.0 Å². The number of para-hydroxylation sites is 2. The zero-order chi connectivity index (χ0) is 24.9. The summed E-state index contributed by atoms with van der Waals surface area (Å²) in [6.45, 7) is 11.1. The molecule has 2 aromatic carbocycles. The van der Waals surface area contributed by atoms with Crippen molar-refractivity contribution >= 4 is 40.2 Å². The fourth-order valence-corrected chi connectivity index (χ4v) is 5.86. The van der Waals surface area contributed by atoms with Gasteiger partial charge < -0.3 is 24.4 Å². The molecule has 1 aromatic heterocycles. The summed E-state index contributed by atoms with van der Waals surface area (Å²) in [6, 6.07) is 14.9. The molecule has 0 saturated carbocycles. The van der Waals surface area contributed by atoms with E-state index in [-0.39, 0.29) is 0 Å². The van der Waals surface area contributed by atoms with Crippen LogP contribution in [0.2, 0.25) is 10.0 Å². The van der Waals surface area contributed by atoms with Gasteiger partial charge in [0, 0.05) is 51.9 Å². The third-order valence-corrected chi connectivity index (χ3v) is 8.40. The van der Waals surface area contributed by atoms with Crippen molar-refractivity contribution in [3.63, 3.8) is 0 Å². The molecule has 36 heavy (non-hydrogen) atoms. The van der Waals surface area contributed by atoms with E-state index in [9.17, 15) is 0 Å². The molecule has 1 N–H and O–H groups in total. The van der Waals surface area contributed by atoms with Gasteiger partial charge in [-0.2, -0.15) is 0 Å². The molecule has 3 aromatic rings. The van der Waals surface area contributed by atoms with Gasteiger partial charge in [-0.15, -0.1) is 0 Å². The van der Waals surface area contributed by atoms with Crippen molar-refractivity contribution in [2.45, 2.75) is 44.7 Å². The maximum absolute atomic E-state index is 6.24. The van der Waals surface area contributed by atoms with E-state index in [0.29, 0.717) is 28.6 Å². The second-order valence-electron chi connectivity index (χ2n) is 9.99. The zero-order valence-electron chi connectivity index (χ0n) is 21.1. The lowest BCUT2D eigenvalue weighted by Gasteiger charge is -2.33. The Bertz CT molecular complexity index is 1140. The fraction of sp³-hybridized carbons (Fsp3) is 0.536. The first-order valence-electron chi connectivity index (χ1n) is 13.3. The molecule has 1 unspecified atom stereocenters. The first kappa shape index (κ1) is 25.8. The number of nitrogens with zero attached hydrogens (tertiary/aromatic N) is 4. The van der Waals surface area contributed by atoms with Crippen LogP contribution in [-0.2, 0) is 11.3 Å². The molecule has 0 spiro atoms. The third kappa shape index (κ3) is 6.17. The summed E-state index contributed by atoms with van der Waals surface area (Å²) in [5, 5.41) is 5.05. The Kier molecular flexibility index (Phi) is 8.70. The molecular formula is C28H37Cl2N5O. The molecule has 6 nitrogen and oxygen atoms in total. The maximum Gasteiger partial charge on any atom is 0.204 e. The Morgan fingerprint density at radius 1 is 0.944 bits per heavy atom.